The first-order valence-corrected chi connectivity index (χ1v) is 10.3. The van der Waals surface area contributed by atoms with E-state index in [4.69, 9.17) is 0 Å². The van der Waals surface area contributed by atoms with Gasteiger partial charge in [0.1, 0.15) is 0 Å². The minimum absolute atomic E-state index is 0.0427. The van der Waals surface area contributed by atoms with Gasteiger partial charge in [0.15, 0.2) is 0 Å². The summed E-state index contributed by atoms with van der Waals surface area (Å²) in [5.41, 5.74) is 2.16. The van der Waals surface area contributed by atoms with Gasteiger partial charge in [-0.2, -0.15) is 0 Å². The van der Waals surface area contributed by atoms with Crippen molar-refractivity contribution >= 4 is 11.8 Å². The van der Waals surface area contributed by atoms with Gasteiger partial charge in [-0.15, -0.1) is 0 Å². The zero-order chi connectivity index (χ0) is 20.3. The number of hydrogen-bond donors (Lipinski definition) is 2. The van der Waals surface area contributed by atoms with Crippen molar-refractivity contribution < 1.29 is 9.59 Å². The Balaban J connectivity index is 1.56. The average Bonchev–Trinajstić information content (AvgIpc) is 2.79. The van der Waals surface area contributed by atoms with Crippen molar-refractivity contribution in [1.29, 1.82) is 0 Å². The number of rotatable bonds is 5. The highest BCUT2D eigenvalue weighted by molar-refractivity contribution is 5.79. The molecule has 0 aliphatic carbocycles. The van der Waals surface area contributed by atoms with E-state index in [0.29, 0.717) is 32.5 Å². The van der Waals surface area contributed by atoms with Crippen LogP contribution in [0.25, 0.3) is 0 Å². The van der Waals surface area contributed by atoms with Gasteiger partial charge in [-0.05, 0) is 55.1 Å². The van der Waals surface area contributed by atoms with Gasteiger partial charge in [0.25, 0.3) is 0 Å². The lowest BCUT2D eigenvalue weighted by molar-refractivity contribution is -0.126. The fourth-order valence-corrected chi connectivity index (χ4v) is 3.55. The lowest BCUT2D eigenvalue weighted by Crippen LogP contribution is -2.33. The molecule has 0 saturated carbocycles. The maximum Gasteiger partial charge on any atom is 0.223 e. The fraction of sp³-hybridized carbons (Fsp3) is 0.455. The summed E-state index contributed by atoms with van der Waals surface area (Å²) >= 11 is 0. The van der Waals surface area contributed by atoms with Gasteiger partial charge in [-0.3, -0.25) is 24.5 Å². The summed E-state index contributed by atoms with van der Waals surface area (Å²) in [5.74, 6) is -0.0166. The summed E-state index contributed by atoms with van der Waals surface area (Å²) in [5, 5.41) is 5.98. The van der Waals surface area contributed by atoms with Crippen LogP contribution in [-0.4, -0.2) is 46.3 Å². The summed E-state index contributed by atoms with van der Waals surface area (Å²) in [4.78, 5) is 35.3. The molecule has 0 radical (unpaired) electrons. The van der Waals surface area contributed by atoms with Gasteiger partial charge in [0.05, 0.1) is 0 Å². The Kier molecular flexibility index (Phi) is 8.12. The first-order chi connectivity index (χ1) is 14.2. The summed E-state index contributed by atoms with van der Waals surface area (Å²) in [7, 11) is 0. The van der Waals surface area contributed by atoms with Crippen LogP contribution in [0.15, 0.2) is 49.1 Å². The van der Waals surface area contributed by atoms with E-state index < -0.39 is 0 Å². The van der Waals surface area contributed by atoms with Gasteiger partial charge >= 0.3 is 0 Å². The van der Waals surface area contributed by atoms with Gasteiger partial charge in [-0.25, -0.2) is 0 Å². The molecule has 7 nitrogen and oxygen atoms in total. The molecule has 3 rings (SSSR count). The van der Waals surface area contributed by atoms with Crippen LogP contribution >= 0.6 is 0 Å². The monoisotopic (exact) mass is 395 g/mol. The molecule has 2 N–H and O–H groups in total. The van der Waals surface area contributed by atoms with Crippen molar-refractivity contribution in [2.24, 2.45) is 5.92 Å². The second-order valence-corrected chi connectivity index (χ2v) is 7.44. The highest BCUT2D eigenvalue weighted by Gasteiger charge is 2.20. The largest absolute Gasteiger partial charge is 0.356 e. The number of nitrogens with one attached hydrogen (secondary N) is 2. The Bertz CT molecular complexity index is 769. The summed E-state index contributed by atoms with van der Waals surface area (Å²) in [6, 6.07) is 7.81. The zero-order valence-electron chi connectivity index (χ0n) is 16.7. The van der Waals surface area contributed by atoms with Crippen LogP contribution in [0, 0.1) is 5.92 Å². The van der Waals surface area contributed by atoms with Gasteiger partial charge in [0.2, 0.25) is 11.8 Å². The Morgan fingerprint density at radius 1 is 1.10 bits per heavy atom. The van der Waals surface area contributed by atoms with Gasteiger partial charge < -0.3 is 10.6 Å². The molecule has 0 spiro atoms. The van der Waals surface area contributed by atoms with Crippen molar-refractivity contribution in [3.8, 4) is 0 Å². The van der Waals surface area contributed by atoms with E-state index in [9.17, 15) is 9.59 Å². The Morgan fingerprint density at radius 3 is 2.76 bits per heavy atom. The van der Waals surface area contributed by atoms with Crippen LogP contribution in [0.3, 0.4) is 0 Å². The molecule has 2 aromatic rings. The molecule has 29 heavy (non-hydrogen) atoms. The van der Waals surface area contributed by atoms with E-state index >= 15 is 0 Å². The summed E-state index contributed by atoms with van der Waals surface area (Å²) in [6.45, 7) is 3.37. The topological polar surface area (TPSA) is 87.2 Å². The molecule has 1 aliphatic rings. The fourth-order valence-electron chi connectivity index (χ4n) is 3.55. The molecule has 3 heterocycles. The third-order valence-electron chi connectivity index (χ3n) is 5.21. The molecule has 0 aromatic carbocycles. The van der Waals surface area contributed by atoms with Crippen LogP contribution in [0.1, 0.15) is 36.8 Å². The summed E-state index contributed by atoms with van der Waals surface area (Å²) in [6.07, 6.45) is 9.92. The number of carbonyl (C=O) groups is 2. The van der Waals surface area contributed by atoms with Crippen molar-refractivity contribution in [2.45, 2.75) is 38.8 Å². The quantitative estimate of drug-likeness (QED) is 0.807. The first-order valence-electron chi connectivity index (χ1n) is 10.3. The number of pyridine rings is 2. The van der Waals surface area contributed by atoms with Gasteiger partial charge in [0, 0.05) is 63.3 Å². The predicted molar refractivity (Wildman–Crippen MR) is 111 cm³/mol. The minimum atomic E-state index is -0.104. The highest BCUT2D eigenvalue weighted by Crippen LogP contribution is 2.15. The number of amides is 2. The maximum absolute atomic E-state index is 12.7. The minimum Gasteiger partial charge on any atom is -0.356 e. The maximum atomic E-state index is 12.7. The lowest BCUT2D eigenvalue weighted by atomic mass is 9.98. The normalized spacial score (nSPS) is 19.0. The second kappa shape index (κ2) is 11.3. The van der Waals surface area contributed by atoms with Crippen LogP contribution < -0.4 is 10.6 Å². The Morgan fingerprint density at radius 2 is 1.97 bits per heavy atom. The number of aromatic nitrogens is 2. The van der Waals surface area contributed by atoms with Crippen LogP contribution in [0.2, 0.25) is 0 Å². The predicted octanol–water partition coefficient (Wildman–Crippen LogP) is 1.90. The molecular formula is C22H29N5O2. The average molecular weight is 396 g/mol. The van der Waals surface area contributed by atoms with Crippen molar-refractivity contribution in [3.63, 3.8) is 0 Å². The number of carbonyl (C=O) groups excluding carboxylic acids is 2. The first kappa shape index (κ1) is 20.9. The Hall–Kier alpha value is -2.80. The van der Waals surface area contributed by atoms with Crippen LogP contribution in [0.4, 0.5) is 0 Å². The number of hydrogen-bond acceptors (Lipinski definition) is 5. The molecule has 1 atom stereocenters. The van der Waals surface area contributed by atoms with E-state index in [1.807, 2.05) is 24.3 Å². The molecular weight excluding hydrogens is 366 g/mol. The number of nitrogens with zero attached hydrogens (tertiary/aromatic N) is 3. The molecule has 154 valence electrons. The molecule has 1 aliphatic heterocycles. The zero-order valence-corrected chi connectivity index (χ0v) is 16.7. The molecule has 0 bridgehead atoms. The standard InChI is InChI=1S/C22H29N5O2/c28-21-8-14-27(17-18-5-10-23-11-6-18)13-2-4-20(7-12-25-21)22(29)26-16-19-3-1-9-24-15-19/h1,3,5-6,9-11,15,20H,2,4,7-8,12-14,16-17H2,(H,25,28)(H,26,29). The van der Waals surface area contributed by atoms with Crippen molar-refractivity contribution in [2.75, 3.05) is 19.6 Å². The Labute approximate surface area is 171 Å². The molecule has 1 saturated heterocycles. The SMILES string of the molecule is O=C1CCN(Cc2ccncc2)CCCC(C(=O)NCc2cccnc2)CCN1. The summed E-state index contributed by atoms with van der Waals surface area (Å²) < 4.78 is 0. The van der Waals surface area contributed by atoms with E-state index in [-0.39, 0.29) is 17.7 Å². The van der Waals surface area contributed by atoms with E-state index in [2.05, 4.69) is 25.5 Å². The smallest absolute Gasteiger partial charge is 0.223 e. The van der Waals surface area contributed by atoms with Gasteiger partial charge in [-0.1, -0.05) is 6.07 Å². The molecule has 2 aromatic heterocycles. The van der Waals surface area contributed by atoms with Crippen LogP contribution in [-0.2, 0) is 22.7 Å². The molecule has 1 fully saturated rings. The van der Waals surface area contributed by atoms with Crippen molar-refractivity contribution in [3.05, 3.63) is 60.2 Å². The van der Waals surface area contributed by atoms with E-state index in [0.717, 1.165) is 31.5 Å². The molecule has 2 amide bonds. The third kappa shape index (κ3) is 7.27. The van der Waals surface area contributed by atoms with Crippen molar-refractivity contribution in [1.82, 2.24) is 25.5 Å². The lowest BCUT2D eigenvalue weighted by Gasteiger charge is -2.22. The molecule has 1 unspecified atom stereocenters. The highest BCUT2D eigenvalue weighted by atomic mass is 16.2. The van der Waals surface area contributed by atoms with E-state index in [1.54, 1.807) is 24.8 Å². The second-order valence-electron chi connectivity index (χ2n) is 7.44. The third-order valence-corrected chi connectivity index (χ3v) is 5.21. The molecule has 7 heteroatoms. The van der Waals surface area contributed by atoms with Crippen LogP contribution in [0.5, 0.6) is 0 Å². The van der Waals surface area contributed by atoms with E-state index in [1.165, 1.54) is 5.56 Å².